The number of benzene rings is 2. The van der Waals surface area contributed by atoms with Gasteiger partial charge in [0.05, 0.1) is 5.75 Å². The molecular formula is C19H20ClFN2O3S2. The Bertz CT molecular complexity index is 930. The number of hydrogen-bond donors (Lipinski definition) is 0. The van der Waals surface area contributed by atoms with E-state index in [9.17, 15) is 17.6 Å². The molecule has 1 fully saturated rings. The van der Waals surface area contributed by atoms with Gasteiger partial charge in [0, 0.05) is 37.0 Å². The Labute approximate surface area is 173 Å². The summed E-state index contributed by atoms with van der Waals surface area (Å²) in [7, 11) is -3.89. The second-order valence-corrected chi connectivity index (χ2v) is 9.66. The van der Waals surface area contributed by atoms with Gasteiger partial charge in [-0.15, -0.1) is 11.8 Å². The molecule has 2 aromatic rings. The van der Waals surface area contributed by atoms with E-state index in [1.54, 1.807) is 4.90 Å². The average molecular weight is 443 g/mol. The Morgan fingerprint density at radius 2 is 1.68 bits per heavy atom. The summed E-state index contributed by atoms with van der Waals surface area (Å²) >= 11 is 7.36. The zero-order chi connectivity index (χ0) is 20.1. The lowest BCUT2D eigenvalue weighted by Crippen LogP contribution is -2.51. The first-order chi connectivity index (χ1) is 13.4. The van der Waals surface area contributed by atoms with Crippen LogP contribution < -0.4 is 0 Å². The topological polar surface area (TPSA) is 57.7 Å². The summed E-state index contributed by atoms with van der Waals surface area (Å²) in [6.07, 6.45) is 0. The van der Waals surface area contributed by atoms with Crippen LogP contribution in [0.15, 0.2) is 53.4 Å². The lowest BCUT2D eigenvalue weighted by Gasteiger charge is -2.34. The summed E-state index contributed by atoms with van der Waals surface area (Å²) in [5.41, 5.74) is 1.09. The number of halogens is 2. The second kappa shape index (κ2) is 9.26. The van der Waals surface area contributed by atoms with Crippen molar-refractivity contribution in [3.63, 3.8) is 0 Å². The number of amides is 1. The smallest absolute Gasteiger partial charge is 0.246 e. The van der Waals surface area contributed by atoms with Crippen LogP contribution in [0, 0.1) is 5.82 Å². The molecule has 0 N–H and O–H groups in total. The van der Waals surface area contributed by atoms with Crippen LogP contribution >= 0.6 is 23.4 Å². The normalized spacial score (nSPS) is 15.6. The Morgan fingerprint density at radius 1 is 1.04 bits per heavy atom. The van der Waals surface area contributed by atoms with Gasteiger partial charge in [-0.25, -0.2) is 12.8 Å². The number of carbonyl (C=O) groups excluding carboxylic acids is 1. The van der Waals surface area contributed by atoms with Gasteiger partial charge in [0.15, 0.2) is 0 Å². The highest BCUT2D eigenvalue weighted by molar-refractivity contribution is 7.99. The lowest BCUT2D eigenvalue weighted by atomic mass is 10.2. The fourth-order valence-corrected chi connectivity index (χ4v) is 5.40. The highest BCUT2D eigenvalue weighted by Gasteiger charge is 2.31. The molecule has 0 atom stereocenters. The van der Waals surface area contributed by atoms with E-state index in [4.69, 9.17) is 11.6 Å². The third-order valence-electron chi connectivity index (χ3n) is 4.45. The van der Waals surface area contributed by atoms with E-state index in [1.165, 1.54) is 34.3 Å². The molecule has 1 aliphatic rings. The van der Waals surface area contributed by atoms with E-state index in [2.05, 4.69) is 0 Å². The maximum Gasteiger partial charge on any atom is 0.246 e. The maximum atomic E-state index is 13.9. The molecule has 0 spiro atoms. The van der Waals surface area contributed by atoms with E-state index in [1.807, 2.05) is 24.3 Å². The zero-order valence-electron chi connectivity index (χ0n) is 15.1. The summed E-state index contributed by atoms with van der Waals surface area (Å²) in [5, 5.41) is 0.674. The number of hydrogen-bond acceptors (Lipinski definition) is 4. The third-order valence-corrected chi connectivity index (χ3v) is 7.63. The van der Waals surface area contributed by atoms with Gasteiger partial charge in [-0.1, -0.05) is 35.9 Å². The minimum absolute atomic E-state index is 0.0260. The molecule has 3 rings (SSSR count). The molecule has 0 radical (unpaired) electrons. The van der Waals surface area contributed by atoms with Gasteiger partial charge < -0.3 is 4.90 Å². The van der Waals surface area contributed by atoms with Crippen molar-refractivity contribution >= 4 is 39.3 Å². The van der Waals surface area contributed by atoms with E-state index >= 15 is 0 Å². The van der Waals surface area contributed by atoms with Gasteiger partial charge in [0.25, 0.3) is 0 Å². The van der Waals surface area contributed by atoms with E-state index < -0.39 is 15.8 Å². The minimum Gasteiger partial charge on any atom is -0.339 e. The van der Waals surface area contributed by atoms with Crippen LogP contribution in [0.3, 0.4) is 0 Å². The molecule has 1 saturated heterocycles. The molecule has 9 heteroatoms. The standard InChI is InChI=1S/C19H20ClFN2O3S2/c20-16-7-5-15(6-8-16)13-27-14-19(24)22-9-11-23(12-10-22)28(25,26)18-4-2-1-3-17(18)21/h1-8H,9-14H2. The Kier molecular flexibility index (Phi) is 6.98. The Balaban J connectivity index is 1.50. The average Bonchev–Trinajstić information content (AvgIpc) is 2.69. The highest BCUT2D eigenvalue weighted by atomic mass is 35.5. The molecule has 0 aliphatic carbocycles. The fourth-order valence-electron chi connectivity index (χ4n) is 2.90. The van der Waals surface area contributed by atoms with Gasteiger partial charge in [-0.05, 0) is 29.8 Å². The van der Waals surface area contributed by atoms with E-state index in [0.29, 0.717) is 29.6 Å². The first kappa shape index (κ1) is 21.1. The monoisotopic (exact) mass is 442 g/mol. The van der Waals surface area contributed by atoms with Crippen LogP contribution in [-0.2, 0) is 20.6 Å². The molecule has 150 valence electrons. The van der Waals surface area contributed by atoms with E-state index in [-0.39, 0.29) is 23.9 Å². The van der Waals surface area contributed by atoms with Crippen molar-refractivity contribution in [2.75, 3.05) is 31.9 Å². The first-order valence-corrected chi connectivity index (χ1v) is 11.7. The van der Waals surface area contributed by atoms with Gasteiger partial charge in [-0.2, -0.15) is 4.31 Å². The summed E-state index contributed by atoms with van der Waals surface area (Å²) in [6.45, 7) is 0.913. The summed E-state index contributed by atoms with van der Waals surface area (Å²) in [4.78, 5) is 13.7. The maximum absolute atomic E-state index is 13.9. The van der Waals surface area contributed by atoms with Gasteiger partial charge in [0.1, 0.15) is 10.7 Å². The van der Waals surface area contributed by atoms with Crippen molar-refractivity contribution in [1.29, 1.82) is 0 Å². The Morgan fingerprint density at radius 3 is 2.32 bits per heavy atom. The number of nitrogens with zero attached hydrogens (tertiary/aromatic N) is 2. The number of piperazine rings is 1. The van der Waals surface area contributed by atoms with Crippen molar-refractivity contribution in [3.05, 3.63) is 64.9 Å². The highest BCUT2D eigenvalue weighted by Crippen LogP contribution is 2.21. The number of rotatable bonds is 6. The van der Waals surface area contributed by atoms with Crippen LogP contribution in [0.1, 0.15) is 5.56 Å². The van der Waals surface area contributed by atoms with Crippen molar-refractivity contribution in [2.24, 2.45) is 0 Å². The first-order valence-electron chi connectivity index (χ1n) is 8.72. The number of sulfonamides is 1. The molecule has 2 aromatic carbocycles. The van der Waals surface area contributed by atoms with Gasteiger partial charge in [0.2, 0.25) is 15.9 Å². The minimum atomic E-state index is -3.89. The van der Waals surface area contributed by atoms with Crippen LogP contribution in [0.2, 0.25) is 5.02 Å². The molecule has 1 aliphatic heterocycles. The molecule has 0 saturated carbocycles. The van der Waals surface area contributed by atoms with Crippen molar-refractivity contribution in [1.82, 2.24) is 9.21 Å². The zero-order valence-corrected chi connectivity index (χ0v) is 17.4. The third kappa shape index (κ3) is 5.05. The van der Waals surface area contributed by atoms with Gasteiger partial charge >= 0.3 is 0 Å². The second-order valence-electron chi connectivity index (χ2n) is 6.33. The van der Waals surface area contributed by atoms with Crippen molar-refractivity contribution in [3.8, 4) is 0 Å². The SMILES string of the molecule is O=C(CSCc1ccc(Cl)cc1)N1CCN(S(=O)(=O)c2ccccc2F)CC1. The fraction of sp³-hybridized carbons (Fsp3) is 0.316. The summed E-state index contributed by atoms with van der Waals surface area (Å²) < 4.78 is 40.3. The van der Waals surface area contributed by atoms with Gasteiger partial charge in [-0.3, -0.25) is 4.79 Å². The van der Waals surface area contributed by atoms with Crippen LogP contribution in [0.5, 0.6) is 0 Å². The molecule has 1 heterocycles. The predicted octanol–water partition coefficient (Wildman–Crippen LogP) is 3.25. The molecule has 5 nitrogen and oxygen atoms in total. The lowest BCUT2D eigenvalue weighted by molar-refractivity contribution is -0.129. The molecule has 0 bridgehead atoms. The summed E-state index contributed by atoms with van der Waals surface area (Å²) in [5.74, 6) is 0.231. The Hall–Kier alpha value is -1.61. The molecule has 1 amide bonds. The van der Waals surface area contributed by atoms with Crippen LogP contribution in [-0.4, -0.2) is 55.5 Å². The molecule has 0 unspecified atom stereocenters. The van der Waals surface area contributed by atoms with Crippen LogP contribution in [0.4, 0.5) is 4.39 Å². The predicted molar refractivity (Wildman–Crippen MR) is 109 cm³/mol. The van der Waals surface area contributed by atoms with Crippen LogP contribution in [0.25, 0.3) is 0 Å². The van der Waals surface area contributed by atoms with Crippen molar-refractivity contribution < 1.29 is 17.6 Å². The largest absolute Gasteiger partial charge is 0.339 e. The number of carbonyl (C=O) groups is 1. The number of thioether (sulfide) groups is 1. The quantitative estimate of drug-likeness (QED) is 0.689. The summed E-state index contributed by atoms with van der Waals surface area (Å²) in [6, 6.07) is 12.8. The van der Waals surface area contributed by atoms with E-state index in [0.717, 1.165) is 11.6 Å². The molecule has 28 heavy (non-hydrogen) atoms. The molecular weight excluding hydrogens is 423 g/mol. The molecule has 0 aromatic heterocycles. The van der Waals surface area contributed by atoms with Crippen molar-refractivity contribution in [2.45, 2.75) is 10.6 Å².